The number of amides is 1. The summed E-state index contributed by atoms with van der Waals surface area (Å²) in [5, 5.41) is 4.07. The second-order valence-corrected chi connectivity index (χ2v) is 5.34. The summed E-state index contributed by atoms with van der Waals surface area (Å²) in [5.74, 6) is -0.416. The normalized spacial score (nSPS) is 24.1. The second kappa shape index (κ2) is 5.16. The summed E-state index contributed by atoms with van der Waals surface area (Å²) in [6.07, 6.45) is 0. The monoisotopic (exact) mass is 267 g/mol. The van der Waals surface area contributed by atoms with Gasteiger partial charge in [0, 0.05) is 30.2 Å². The molecule has 4 nitrogen and oxygen atoms in total. The third-order valence-electron chi connectivity index (χ3n) is 3.12. The number of carbonyl (C=O) groups is 1. The van der Waals surface area contributed by atoms with Crippen molar-refractivity contribution in [1.29, 1.82) is 0 Å². The van der Waals surface area contributed by atoms with Crippen LogP contribution in [0.25, 0.3) is 0 Å². The van der Waals surface area contributed by atoms with E-state index in [1.807, 2.05) is 6.07 Å². The Morgan fingerprint density at radius 2 is 2.00 bits per heavy atom. The van der Waals surface area contributed by atoms with Crippen molar-refractivity contribution in [2.45, 2.75) is 25.9 Å². The number of halogens is 1. The SMILES string of the molecule is CC1CN(c2cc(Cl)ccc2C(N)=O)CC(C)N1. The van der Waals surface area contributed by atoms with Crippen LogP contribution < -0.4 is 16.0 Å². The smallest absolute Gasteiger partial charge is 0.250 e. The van der Waals surface area contributed by atoms with E-state index in [0.29, 0.717) is 22.7 Å². The van der Waals surface area contributed by atoms with Crippen LogP contribution in [0.1, 0.15) is 24.2 Å². The molecule has 1 aromatic rings. The number of piperazine rings is 1. The molecule has 3 N–H and O–H groups in total. The van der Waals surface area contributed by atoms with Crippen LogP contribution in [0.15, 0.2) is 18.2 Å². The van der Waals surface area contributed by atoms with Gasteiger partial charge in [0.2, 0.25) is 0 Å². The van der Waals surface area contributed by atoms with Crippen LogP contribution >= 0.6 is 11.6 Å². The standard InChI is InChI=1S/C13H18ClN3O/c1-8-6-17(7-9(2)16-8)12-5-10(14)3-4-11(12)13(15)18/h3-5,8-9,16H,6-7H2,1-2H3,(H2,15,18). The lowest BCUT2D eigenvalue weighted by atomic mass is 10.1. The lowest BCUT2D eigenvalue weighted by Gasteiger charge is -2.38. The van der Waals surface area contributed by atoms with Crippen LogP contribution in [0.4, 0.5) is 5.69 Å². The first-order valence-corrected chi connectivity index (χ1v) is 6.45. The number of carbonyl (C=O) groups excluding carboxylic acids is 1. The lowest BCUT2D eigenvalue weighted by Crippen LogP contribution is -2.54. The number of rotatable bonds is 2. The Balaban J connectivity index is 2.36. The Hall–Kier alpha value is -1.26. The van der Waals surface area contributed by atoms with Crippen molar-refractivity contribution in [2.24, 2.45) is 5.73 Å². The number of primary amides is 1. The van der Waals surface area contributed by atoms with Crippen molar-refractivity contribution in [3.05, 3.63) is 28.8 Å². The van der Waals surface area contributed by atoms with Gasteiger partial charge in [0.05, 0.1) is 11.3 Å². The molecule has 0 aromatic heterocycles. The molecule has 2 unspecified atom stereocenters. The van der Waals surface area contributed by atoms with Crippen molar-refractivity contribution >= 4 is 23.2 Å². The van der Waals surface area contributed by atoms with E-state index in [0.717, 1.165) is 18.8 Å². The number of nitrogens with zero attached hydrogens (tertiary/aromatic N) is 1. The van der Waals surface area contributed by atoms with Crippen molar-refractivity contribution in [1.82, 2.24) is 5.32 Å². The van der Waals surface area contributed by atoms with E-state index in [2.05, 4.69) is 24.1 Å². The maximum Gasteiger partial charge on any atom is 0.250 e. The van der Waals surface area contributed by atoms with E-state index < -0.39 is 5.91 Å². The molecular formula is C13H18ClN3O. The van der Waals surface area contributed by atoms with Gasteiger partial charge in [-0.15, -0.1) is 0 Å². The number of nitrogens with one attached hydrogen (secondary N) is 1. The highest BCUT2D eigenvalue weighted by Crippen LogP contribution is 2.26. The molecule has 0 bridgehead atoms. The van der Waals surface area contributed by atoms with E-state index in [1.54, 1.807) is 12.1 Å². The first kappa shape index (κ1) is 13.2. The molecule has 1 fully saturated rings. The molecule has 1 aliphatic rings. The zero-order valence-electron chi connectivity index (χ0n) is 10.6. The third-order valence-corrected chi connectivity index (χ3v) is 3.36. The molecule has 2 rings (SSSR count). The summed E-state index contributed by atoms with van der Waals surface area (Å²) >= 11 is 6.02. The molecular weight excluding hydrogens is 250 g/mol. The van der Waals surface area contributed by atoms with Gasteiger partial charge in [-0.05, 0) is 32.0 Å². The molecule has 18 heavy (non-hydrogen) atoms. The quantitative estimate of drug-likeness (QED) is 0.856. The minimum Gasteiger partial charge on any atom is -0.368 e. The Morgan fingerprint density at radius 1 is 1.39 bits per heavy atom. The van der Waals surface area contributed by atoms with Gasteiger partial charge >= 0.3 is 0 Å². The summed E-state index contributed by atoms with van der Waals surface area (Å²) in [7, 11) is 0. The van der Waals surface area contributed by atoms with Crippen molar-refractivity contribution in [2.75, 3.05) is 18.0 Å². The van der Waals surface area contributed by atoms with Gasteiger partial charge in [-0.25, -0.2) is 0 Å². The first-order chi connectivity index (χ1) is 8.47. The van der Waals surface area contributed by atoms with Crippen molar-refractivity contribution in [3.63, 3.8) is 0 Å². The van der Waals surface area contributed by atoms with Crippen LogP contribution in [-0.2, 0) is 0 Å². The number of anilines is 1. The van der Waals surface area contributed by atoms with Gasteiger partial charge in [-0.2, -0.15) is 0 Å². The van der Waals surface area contributed by atoms with Gasteiger partial charge in [-0.3, -0.25) is 4.79 Å². The molecule has 0 saturated carbocycles. The molecule has 0 aliphatic carbocycles. The summed E-state index contributed by atoms with van der Waals surface area (Å²) < 4.78 is 0. The van der Waals surface area contributed by atoms with Gasteiger partial charge in [0.1, 0.15) is 0 Å². The molecule has 5 heteroatoms. The molecule has 1 heterocycles. The lowest BCUT2D eigenvalue weighted by molar-refractivity contribution is 0.100. The highest BCUT2D eigenvalue weighted by molar-refractivity contribution is 6.31. The first-order valence-electron chi connectivity index (χ1n) is 6.07. The molecule has 0 spiro atoms. The summed E-state index contributed by atoms with van der Waals surface area (Å²) in [4.78, 5) is 13.6. The molecule has 1 amide bonds. The van der Waals surface area contributed by atoms with Crippen LogP contribution in [0.2, 0.25) is 5.02 Å². The molecule has 1 aromatic carbocycles. The summed E-state index contributed by atoms with van der Waals surface area (Å²) in [5.41, 5.74) is 6.77. The molecule has 0 radical (unpaired) electrons. The minimum absolute atomic E-state index is 0.369. The fourth-order valence-corrected chi connectivity index (χ4v) is 2.66. The number of hydrogen-bond acceptors (Lipinski definition) is 3. The van der Waals surface area contributed by atoms with Gasteiger partial charge < -0.3 is 16.0 Å². The van der Waals surface area contributed by atoms with Gasteiger partial charge in [0.15, 0.2) is 0 Å². The van der Waals surface area contributed by atoms with Crippen LogP contribution in [0.3, 0.4) is 0 Å². The van der Waals surface area contributed by atoms with E-state index in [-0.39, 0.29) is 0 Å². The predicted molar refractivity (Wildman–Crippen MR) is 74.2 cm³/mol. The Labute approximate surface area is 112 Å². The maximum atomic E-state index is 11.5. The van der Waals surface area contributed by atoms with Crippen molar-refractivity contribution < 1.29 is 4.79 Å². The zero-order valence-corrected chi connectivity index (χ0v) is 11.4. The highest BCUT2D eigenvalue weighted by Gasteiger charge is 2.24. The average Bonchev–Trinajstić information content (AvgIpc) is 2.27. The Morgan fingerprint density at radius 3 is 2.56 bits per heavy atom. The largest absolute Gasteiger partial charge is 0.368 e. The third kappa shape index (κ3) is 2.76. The second-order valence-electron chi connectivity index (χ2n) is 4.90. The number of hydrogen-bond donors (Lipinski definition) is 2. The summed E-state index contributed by atoms with van der Waals surface area (Å²) in [6, 6.07) is 5.94. The van der Waals surface area contributed by atoms with Gasteiger partial charge in [0.25, 0.3) is 5.91 Å². The predicted octanol–water partition coefficient (Wildman–Crippen LogP) is 1.63. The number of benzene rings is 1. The topological polar surface area (TPSA) is 58.4 Å². The fraction of sp³-hybridized carbons (Fsp3) is 0.462. The van der Waals surface area contributed by atoms with E-state index in [9.17, 15) is 4.79 Å². The maximum absolute atomic E-state index is 11.5. The van der Waals surface area contributed by atoms with E-state index >= 15 is 0 Å². The molecule has 1 saturated heterocycles. The minimum atomic E-state index is -0.416. The Bertz CT molecular complexity index is 454. The summed E-state index contributed by atoms with van der Waals surface area (Å²) in [6.45, 7) is 5.92. The van der Waals surface area contributed by atoms with E-state index in [1.165, 1.54) is 0 Å². The highest BCUT2D eigenvalue weighted by atomic mass is 35.5. The zero-order chi connectivity index (χ0) is 13.3. The fourth-order valence-electron chi connectivity index (χ4n) is 2.50. The Kier molecular flexibility index (Phi) is 3.78. The van der Waals surface area contributed by atoms with Crippen LogP contribution in [-0.4, -0.2) is 31.1 Å². The number of nitrogens with two attached hydrogens (primary N) is 1. The van der Waals surface area contributed by atoms with Crippen LogP contribution in [0.5, 0.6) is 0 Å². The molecule has 98 valence electrons. The average molecular weight is 268 g/mol. The van der Waals surface area contributed by atoms with E-state index in [4.69, 9.17) is 17.3 Å². The van der Waals surface area contributed by atoms with Crippen molar-refractivity contribution in [3.8, 4) is 0 Å². The molecule has 1 aliphatic heterocycles. The van der Waals surface area contributed by atoms with Crippen LogP contribution in [0, 0.1) is 0 Å². The van der Waals surface area contributed by atoms with Gasteiger partial charge in [-0.1, -0.05) is 11.6 Å². The molecule has 2 atom stereocenters.